The molecule has 0 saturated carbocycles. The van der Waals surface area contributed by atoms with Crippen LogP contribution in [0.5, 0.6) is 0 Å². The lowest BCUT2D eigenvalue weighted by atomic mass is 9.68. The zero-order chi connectivity index (χ0) is 41.8. The molecule has 0 aliphatic heterocycles. The minimum Gasteiger partial charge on any atom is -0.392 e. The molecule has 300 valence electrons. The summed E-state index contributed by atoms with van der Waals surface area (Å²) in [7, 11) is 0. The molecule has 8 aromatic carbocycles. The minimum absolute atomic E-state index is 0.0354. The number of nitrogens with zero attached hydrogens (tertiary/aromatic N) is 2. The van der Waals surface area contributed by atoms with Gasteiger partial charge in [0.05, 0.1) is 17.6 Å². The first-order valence-electron chi connectivity index (χ1n) is 22.0. The second-order valence-corrected chi connectivity index (χ2v) is 16.9. The monoisotopic (exact) mass is 800 g/mol. The van der Waals surface area contributed by atoms with Gasteiger partial charge in [-0.2, -0.15) is 0 Å². The maximum atomic E-state index is 9.65. The molecular weight excluding hydrogens is 753 g/mol. The van der Waals surface area contributed by atoms with Crippen LogP contribution in [0.25, 0.3) is 55.3 Å². The van der Waals surface area contributed by atoms with Crippen LogP contribution in [-0.4, -0.2) is 9.67 Å². The summed E-state index contributed by atoms with van der Waals surface area (Å²) in [6.07, 6.45) is 7.96. The first-order chi connectivity index (χ1) is 30.5. The summed E-state index contributed by atoms with van der Waals surface area (Å²) in [4.78, 5) is 2.37. The SMILES string of the molecule is CCC1(c2ccccc2)C2=C(C=CCC2)c2ccc(-c3ccc(N(c4ccc(-c5ccc6c(c5)c5ccccc5n6-c5ccc(CO)cc5)cc4)c4cccc(C)c4)cc3)cc21. The number of aliphatic hydroxyl groups excluding tert-OH is 1. The van der Waals surface area contributed by atoms with E-state index < -0.39 is 0 Å². The third-order valence-electron chi connectivity index (χ3n) is 13.5. The van der Waals surface area contributed by atoms with Crippen LogP contribution in [0.2, 0.25) is 0 Å². The second-order valence-electron chi connectivity index (χ2n) is 16.9. The van der Waals surface area contributed by atoms with Gasteiger partial charge in [0.1, 0.15) is 0 Å². The van der Waals surface area contributed by atoms with Crippen molar-refractivity contribution in [1.29, 1.82) is 0 Å². The normalized spacial score (nSPS) is 15.6. The maximum Gasteiger partial charge on any atom is 0.0681 e. The highest BCUT2D eigenvalue weighted by atomic mass is 16.3. The molecular formula is C59H48N2O. The number of aryl methyl sites for hydroxylation is 1. The Kier molecular flexibility index (Phi) is 9.36. The maximum absolute atomic E-state index is 9.65. The van der Waals surface area contributed by atoms with Gasteiger partial charge in [-0.1, -0.05) is 134 Å². The molecule has 1 N–H and O–H groups in total. The number of anilines is 3. The quantitative estimate of drug-likeness (QED) is 0.157. The molecule has 2 aliphatic carbocycles. The Morgan fingerprint density at radius 2 is 1.24 bits per heavy atom. The number of fused-ring (bicyclic) bond motifs is 5. The number of benzene rings is 8. The Morgan fingerprint density at radius 1 is 0.581 bits per heavy atom. The largest absolute Gasteiger partial charge is 0.392 e. The van der Waals surface area contributed by atoms with Crippen molar-refractivity contribution in [2.45, 2.75) is 45.1 Å². The molecule has 1 unspecified atom stereocenters. The highest BCUT2D eigenvalue weighted by molar-refractivity contribution is 6.10. The van der Waals surface area contributed by atoms with E-state index >= 15 is 0 Å². The van der Waals surface area contributed by atoms with Gasteiger partial charge >= 0.3 is 0 Å². The molecule has 1 atom stereocenters. The zero-order valence-corrected chi connectivity index (χ0v) is 35.2. The molecule has 0 fully saturated rings. The van der Waals surface area contributed by atoms with Crippen LogP contribution in [0.4, 0.5) is 17.1 Å². The van der Waals surface area contributed by atoms with Crippen LogP contribution in [-0.2, 0) is 12.0 Å². The van der Waals surface area contributed by atoms with Crippen molar-refractivity contribution < 1.29 is 5.11 Å². The van der Waals surface area contributed by atoms with Crippen molar-refractivity contribution in [3.8, 4) is 27.9 Å². The molecule has 1 heterocycles. The van der Waals surface area contributed by atoms with E-state index in [1.165, 1.54) is 60.9 Å². The highest BCUT2D eigenvalue weighted by Crippen LogP contribution is 2.56. The molecule has 9 aromatic rings. The summed E-state index contributed by atoms with van der Waals surface area (Å²) in [5.41, 5.74) is 20.8. The van der Waals surface area contributed by atoms with Gasteiger partial charge in [0.2, 0.25) is 0 Å². The Bertz CT molecular complexity index is 3190. The molecule has 0 radical (unpaired) electrons. The third kappa shape index (κ3) is 6.15. The molecule has 11 rings (SSSR count). The van der Waals surface area contributed by atoms with Crippen molar-refractivity contribution in [3.05, 3.63) is 234 Å². The molecule has 3 heteroatoms. The van der Waals surface area contributed by atoms with Gasteiger partial charge < -0.3 is 14.6 Å². The van der Waals surface area contributed by atoms with Gasteiger partial charge in [0, 0.05) is 38.9 Å². The number of rotatable bonds is 9. The van der Waals surface area contributed by atoms with Crippen LogP contribution in [0.15, 0.2) is 206 Å². The second kappa shape index (κ2) is 15.4. The lowest BCUT2D eigenvalue weighted by Gasteiger charge is -2.35. The number of aliphatic hydroxyl groups is 1. The summed E-state index contributed by atoms with van der Waals surface area (Å²) in [6.45, 7) is 4.56. The van der Waals surface area contributed by atoms with Crippen molar-refractivity contribution in [1.82, 2.24) is 4.57 Å². The fraction of sp³-hybridized carbons (Fsp3) is 0.119. The predicted octanol–water partition coefficient (Wildman–Crippen LogP) is 15.2. The standard InChI is InChI=1S/C59H48N2O/c1-3-59(46-13-5-4-6-14-46)55-18-9-7-16-51(55)52-34-26-45(38-56(52)59)43-24-32-48(33-25-43)60(50-15-11-12-40(2)36-50)47-30-22-42(23-31-47)44-27-35-58-54(37-44)53-17-8-10-19-57(53)61(58)49-28-20-41(39-62)21-29-49/h4-8,10-17,19-38,62H,3,9,18,39H2,1-2H3. The molecule has 1 aromatic heterocycles. The van der Waals surface area contributed by atoms with Crippen molar-refractivity contribution in [2.75, 3.05) is 4.90 Å². The van der Waals surface area contributed by atoms with Crippen LogP contribution in [0, 0.1) is 6.92 Å². The van der Waals surface area contributed by atoms with E-state index in [1.54, 1.807) is 5.57 Å². The van der Waals surface area contributed by atoms with E-state index in [-0.39, 0.29) is 12.0 Å². The average Bonchev–Trinajstić information content (AvgIpc) is 3.82. The zero-order valence-electron chi connectivity index (χ0n) is 35.2. The number of para-hydroxylation sites is 1. The minimum atomic E-state index is -0.112. The Hall–Kier alpha value is -7.20. The Balaban J connectivity index is 0.943. The number of aromatic nitrogens is 1. The van der Waals surface area contributed by atoms with E-state index in [0.717, 1.165) is 58.6 Å². The first kappa shape index (κ1) is 37.8. The lowest BCUT2D eigenvalue weighted by molar-refractivity contribution is 0.282. The van der Waals surface area contributed by atoms with E-state index in [4.69, 9.17) is 0 Å². The summed E-state index contributed by atoms with van der Waals surface area (Å²) in [5, 5.41) is 12.1. The third-order valence-corrected chi connectivity index (χ3v) is 13.5. The summed E-state index contributed by atoms with van der Waals surface area (Å²) in [5.74, 6) is 0. The summed E-state index contributed by atoms with van der Waals surface area (Å²) >= 11 is 0. The summed E-state index contributed by atoms with van der Waals surface area (Å²) < 4.78 is 2.32. The van der Waals surface area contributed by atoms with E-state index in [2.05, 4.69) is 211 Å². The smallest absolute Gasteiger partial charge is 0.0681 e. The van der Waals surface area contributed by atoms with Gasteiger partial charge in [-0.3, -0.25) is 0 Å². The van der Waals surface area contributed by atoms with Crippen LogP contribution >= 0.6 is 0 Å². The van der Waals surface area contributed by atoms with E-state index in [1.807, 2.05) is 12.1 Å². The Labute approximate surface area is 364 Å². The van der Waals surface area contributed by atoms with Crippen LogP contribution < -0.4 is 4.90 Å². The van der Waals surface area contributed by atoms with Gasteiger partial charge in [-0.25, -0.2) is 0 Å². The molecule has 62 heavy (non-hydrogen) atoms. The van der Waals surface area contributed by atoms with Crippen LogP contribution in [0.3, 0.4) is 0 Å². The van der Waals surface area contributed by atoms with Crippen molar-refractivity contribution >= 4 is 44.4 Å². The molecule has 0 bridgehead atoms. The molecule has 3 nitrogen and oxygen atoms in total. The number of hydrogen-bond donors (Lipinski definition) is 1. The van der Waals surface area contributed by atoms with Crippen molar-refractivity contribution in [3.63, 3.8) is 0 Å². The molecule has 2 aliphatic rings. The van der Waals surface area contributed by atoms with E-state index in [0.29, 0.717) is 0 Å². The fourth-order valence-electron chi connectivity index (χ4n) is 10.5. The van der Waals surface area contributed by atoms with Gasteiger partial charge in [0.25, 0.3) is 0 Å². The van der Waals surface area contributed by atoms with Gasteiger partial charge in [0.15, 0.2) is 0 Å². The topological polar surface area (TPSA) is 28.4 Å². The fourth-order valence-corrected chi connectivity index (χ4v) is 10.5. The predicted molar refractivity (Wildman–Crippen MR) is 260 cm³/mol. The van der Waals surface area contributed by atoms with Gasteiger partial charge in [-0.05, 0) is 160 Å². The van der Waals surface area contributed by atoms with Crippen LogP contribution in [0.1, 0.15) is 54.0 Å². The van der Waals surface area contributed by atoms with Gasteiger partial charge in [-0.15, -0.1) is 0 Å². The van der Waals surface area contributed by atoms with E-state index in [9.17, 15) is 5.11 Å². The lowest BCUT2D eigenvalue weighted by Crippen LogP contribution is -2.27. The molecule has 0 spiro atoms. The number of hydrogen-bond acceptors (Lipinski definition) is 2. The molecule has 0 amide bonds. The highest BCUT2D eigenvalue weighted by Gasteiger charge is 2.44. The Morgan fingerprint density at radius 3 is 1.95 bits per heavy atom. The average molecular weight is 801 g/mol. The number of allylic oxidation sites excluding steroid dienone is 4. The first-order valence-corrected chi connectivity index (χ1v) is 22.0. The summed E-state index contributed by atoms with van der Waals surface area (Å²) in [6, 6.07) is 68.9. The van der Waals surface area contributed by atoms with Crippen molar-refractivity contribution in [2.24, 2.45) is 0 Å². The molecule has 0 saturated heterocycles.